The Bertz CT molecular complexity index is 1210. The second-order valence-electron chi connectivity index (χ2n) is 7.81. The zero-order valence-corrected chi connectivity index (χ0v) is 21.0. The van der Waals surface area contributed by atoms with Crippen LogP contribution in [-0.2, 0) is 15.2 Å². The van der Waals surface area contributed by atoms with Crippen LogP contribution in [0.15, 0.2) is 102 Å². The van der Waals surface area contributed by atoms with E-state index < -0.39 is 23.4 Å². The van der Waals surface area contributed by atoms with Gasteiger partial charge in [-0.05, 0) is 16.7 Å². The van der Waals surface area contributed by atoms with Gasteiger partial charge in [0.2, 0.25) is 0 Å². The molecule has 2 N–H and O–H groups in total. The van der Waals surface area contributed by atoms with Gasteiger partial charge in [0.15, 0.2) is 17.5 Å². The number of aliphatic carboxylic acids is 1. The molecule has 0 amide bonds. The lowest BCUT2D eigenvalue weighted by Gasteiger charge is -2.36. The minimum Gasteiger partial charge on any atom is -0.477 e. The zero-order valence-electron chi connectivity index (χ0n) is 19.4. The Kier molecular flexibility index (Phi) is 8.86. The van der Waals surface area contributed by atoms with E-state index in [-0.39, 0.29) is 5.75 Å². The van der Waals surface area contributed by atoms with Gasteiger partial charge in [-0.25, -0.2) is 9.78 Å². The molecule has 37 heavy (non-hydrogen) atoms. The van der Waals surface area contributed by atoms with Crippen molar-refractivity contribution in [3.8, 4) is 0 Å². The quantitative estimate of drug-likeness (QED) is 0.119. The van der Waals surface area contributed by atoms with E-state index in [0.717, 1.165) is 16.7 Å². The third kappa shape index (κ3) is 6.52. The molecule has 0 aliphatic carbocycles. The van der Waals surface area contributed by atoms with E-state index in [1.807, 2.05) is 91.0 Å². The maximum atomic E-state index is 12.9. The summed E-state index contributed by atoms with van der Waals surface area (Å²) in [7, 11) is 0. The Hall–Kier alpha value is -3.76. The van der Waals surface area contributed by atoms with E-state index in [4.69, 9.17) is 9.94 Å². The van der Waals surface area contributed by atoms with E-state index in [1.165, 1.54) is 11.3 Å². The van der Waals surface area contributed by atoms with Crippen LogP contribution < -0.4 is 5.32 Å². The van der Waals surface area contributed by atoms with Gasteiger partial charge in [0.05, 0.1) is 5.69 Å². The number of halogens is 2. The molecule has 1 aromatic heterocycles. The fourth-order valence-electron chi connectivity index (χ4n) is 3.91. The summed E-state index contributed by atoms with van der Waals surface area (Å²) in [6, 6.07) is 29.9. The second-order valence-corrected chi connectivity index (χ2v) is 9.69. The highest BCUT2D eigenvalue weighted by Crippen LogP contribution is 2.41. The van der Waals surface area contributed by atoms with E-state index in [2.05, 4.69) is 15.5 Å². The van der Waals surface area contributed by atoms with Crippen LogP contribution in [0, 0.1) is 0 Å². The third-order valence-electron chi connectivity index (χ3n) is 5.49. The average Bonchev–Trinajstić information content (AvgIpc) is 3.38. The van der Waals surface area contributed by atoms with Crippen LogP contribution >= 0.6 is 23.1 Å². The van der Waals surface area contributed by atoms with Gasteiger partial charge in [-0.3, -0.25) is 0 Å². The van der Waals surface area contributed by atoms with Crippen LogP contribution in [-0.4, -0.2) is 33.8 Å². The van der Waals surface area contributed by atoms with Crippen molar-refractivity contribution in [2.45, 2.75) is 17.4 Å². The number of hydrogen-bond donors (Lipinski definition) is 2. The molecule has 4 rings (SSSR count). The molecule has 0 bridgehead atoms. The van der Waals surface area contributed by atoms with Crippen molar-refractivity contribution in [2.24, 2.45) is 5.16 Å². The first-order valence-corrected chi connectivity index (χ1v) is 13.1. The van der Waals surface area contributed by atoms with Crippen molar-refractivity contribution in [1.82, 2.24) is 4.98 Å². The molecule has 3 aromatic carbocycles. The van der Waals surface area contributed by atoms with E-state index in [9.17, 15) is 13.6 Å². The summed E-state index contributed by atoms with van der Waals surface area (Å²) >= 11 is 1.67. The number of nitrogens with one attached hydrogen (secondary N) is 1. The van der Waals surface area contributed by atoms with Crippen LogP contribution in [0.25, 0.3) is 0 Å². The van der Waals surface area contributed by atoms with Gasteiger partial charge in [-0.15, -0.1) is 11.3 Å². The van der Waals surface area contributed by atoms with Crippen molar-refractivity contribution in [1.29, 1.82) is 0 Å². The van der Waals surface area contributed by atoms with Crippen molar-refractivity contribution in [3.63, 3.8) is 0 Å². The number of aromatic nitrogens is 1. The molecule has 0 saturated carbocycles. The summed E-state index contributed by atoms with van der Waals surface area (Å²) in [5, 5.41) is 18.1. The Balaban J connectivity index is 1.76. The summed E-state index contributed by atoms with van der Waals surface area (Å²) in [5.74, 6) is -4.08. The van der Waals surface area contributed by atoms with Crippen LogP contribution in [0.5, 0.6) is 0 Å². The molecule has 0 radical (unpaired) electrons. The van der Waals surface area contributed by atoms with Gasteiger partial charge in [0.1, 0.15) is 5.54 Å². The number of anilines is 1. The summed E-state index contributed by atoms with van der Waals surface area (Å²) in [4.78, 5) is 20.7. The lowest BCUT2D eigenvalue weighted by Crippen LogP contribution is -2.38. The maximum Gasteiger partial charge on any atom is 0.350 e. The largest absolute Gasteiger partial charge is 0.477 e. The number of carboxylic acid groups (broad SMARTS) is 1. The van der Waals surface area contributed by atoms with Gasteiger partial charge in [0.25, 0.3) is 5.76 Å². The molecule has 0 aliphatic rings. The maximum absolute atomic E-state index is 12.9. The fourth-order valence-corrected chi connectivity index (χ4v) is 5.27. The van der Waals surface area contributed by atoms with Gasteiger partial charge in [0, 0.05) is 11.1 Å². The Morgan fingerprint density at radius 1 is 1.00 bits per heavy atom. The molecule has 4 aromatic rings. The molecule has 1 unspecified atom stereocenters. The number of rotatable bonds is 12. The Morgan fingerprint density at radius 3 is 1.97 bits per heavy atom. The van der Waals surface area contributed by atoms with Crippen LogP contribution in [0.2, 0.25) is 0 Å². The molecule has 0 aliphatic heterocycles. The highest BCUT2D eigenvalue weighted by molar-refractivity contribution is 7.99. The summed E-state index contributed by atoms with van der Waals surface area (Å²) < 4.78 is 25.8. The normalized spacial score (nSPS) is 12.5. The van der Waals surface area contributed by atoms with E-state index >= 15 is 0 Å². The number of carbonyl (C=O) groups is 1. The molecular weight excluding hydrogens is 516 g/mol. The molecule has 1 atom stereocenters. The minimum atomic E-state index is -2.62. The number of benzene rings is 3. The van der Waals surface area contributed by atoms with Crippen molar-refractivity contribution < 1.29 is 23.5 Å². The van der Waals surface area contributed by atoms with Crippen LogP contribution in [0.4, 0.5) is 13.9 Å². The third-order valence-corrected chi connectivity index (χ3v) is 7.01. The number of hydrogen-bond acceptors (Lipinski definition) is 7. The molecule has 0 saturated heterocycles. The van der Waals surface area contributed by atoms with Gasteiger partial charge in [-0.1, -0.05) is 108 Å². The molecule has 10 heteroatoms. The highest BCUT2D eigenvalue weighted by Gasteiger charge is 2.37. The molecular formula is C27H23F2N3O3S2. The Labute approximate surface area is 221 Å². The van der Waals surface area contributed by atoms with Crippen molar-refractivity contribution >= 4 is 40.4 Å². The van der Waals surface area contributed by atoms with E-state index in [1.54, 1.807) is 5.38 Å². The number of thiazole rings is 1. The topological polar surface area (TPSA) is 83.8 Å². The SMILES string of the molecule is O=C(O)C=NOC(CSC(F)F)c1csc(NC(c2ccccc2)(c2ccccc2)c2ccccc2)n1. The first-order chi connectivity index (χ1) is 18.0. The first kappa shape index (κ1) is 26.3. The van der Waals surface area contributed by atoms with Crippen molar-refractivity contribution in [3.05, 3.63) is 119 Å². The predicted molar refractivity (Wildman–Crippen MR) is 143 cm³/mol. The molecule has 6 nitrogen and oxygen atoms in total. The standard InChI is InChI=1S/C27H23F2N3O3S2/c28-25(29)36-18-23(35-30-16-24(33)34)22-17-37-26(31-22)32-27(19-10-4-1-5-11-19,20-12-6-2-7-13-20)21-14-8-3-9-15-21/h1-17,23,25H,18H2,(H,31,32)(H,33,34). The van der Waals surface area contributed by atoms with Crippen molar-refractivity contribution in [2.75, 3.05) is 11.1 Å². The second kappa shape index (κ2) is 12.5. The number of alkyl halides is 2. The lowest BCUT2D eigenvalue weighted by molar-refractivity contribution is -0.129. The van der Waals surface area contributed by atoms with Gasteiger partial charge in [-0.2, -0.15) is 8.78 Å². The Morgan fingerprint density at radius 2 is 1.51 bits per heavy atom. The average molecular weight is 540 g/mol. The smallest absolute Gasteiger partial charge is 0.350 e. The summed E-state index contributed by atoms with van der Waals surface area (Å²) in [6.07, 6.45) is -0.391. The zero-order chi connectivity index (χ0) is 26.1. The number of carboxylic acids is 1. The molecule has 190 valence electrons. The lowest BCUT2D eigenvalue weighted by atomic mass is 9.77. The number of oxime groups is 1. The highest BCUT2D eigenvalue weighted by atomic mass is 32.2. The fraction of sp³-hybridized carbons (Fsp3) is 0.148. The van der Waals surface area contributed by atoms with Gasteiger partial charge >= 0.3 is 5.97 Å². The molecule has 0 fully saturated rings. The van der Waals surface area contributed by atoms with Crippen LogP contribution in [0.3, 0.4) is 0 Å². The summed E-state index contributed by atoms with van der Waals surface area (Å²) in [6.45, 7) is 0. The monoisotopic (exact) mass is 539 g/mol. The number of nitrogens with zero attached hydrogens (tertiary/aromatic N) is 2. The first-order valence-electron chi connectivity index (χ1n) is 11.2. The minimum absolute atomic E-state index is 0.154. The number of thioether (sulfide) groups is 1. The van der Waals surface area contributed by atoms with Gasteiger partial charge < -0.3 is 15.3 Å². The predicted octanol–water partition coefficient (Wildman–Crippen LogP) is 6.63. The van der Waals surface area contributed by atoms with E-state index in [0.29, 0.717) is 28.8 Å². The molecule has 1 heterocycles. The summed E-state index contributed by atoms with van der Waals surface area (Å²) in [5.41, 5.74) is 2.50. The molecule has 0 spiro atoms. The van der Waals surface area contributed by atoms with Crippen LogP contribution in [0.1, 0.15) is 28.5 Å².